The molecule has 5 nitrogen and oxygen atoms in total. The number of aldehydes is 1. The third kappa shape index (κ3) is 4.82. The molecule has 0 aliphatic carbocycles. The number of carbonyl (C=O) groups is 1. The van der Waals surface area contributed by atoms with Gasteiger partial charge in [0.15, 0.2) is 5.16 Å². The molecule has 0 N–H and O–H groups in total. The molecule has 23 heavy (non-hydrogen) atoms. The van der Waals surface area contributed by atoms with Crippen LogP contribution >= 0.6 is 11.8 Å². The van der Waals surface area contributed by atoms with Crippen LogP contribution in [0.15, 0.2) is 29.4 Å². The van der Waals surface area contributed by atoms with Crippen molar-refractivity contribution in [2.75, 3.05) is 12.4 Å². The molecule has 0 saturated carbocycles. The van der Waals surface area contributed by atoms with Gasteiger partial charge in [0.2, 0.25) is 0 Å². The predicted octanol–water partition coefficient (Wildman–Crippen LogP) is 3.80. The lowest BCUT2D eigenvalue weighted by Gasteiger charge is -2.09. The number of rotatable bonds is 9. The van der Waals surface area contributed by atoms with Crippen LogP contribution in [0.5, 0.6) is 5.75 Å². The first kappa shape index (κ1) is 17.5. The zero-order valence-electron chi connectivity index (χ0n) is 13.9. The fraction of sp³-hybridized carbons (Fsp3) is 0.471. The maximum absolute atomic E-state index is 10.6. The summed E-state index contributed by atoms with van der Waals surface area (Å²) in [6.07, 6.45) is 1.75. The van der Waals surface area contributed by atoms with Crippen LogP contribution in [-0.4, -0.2) is 33.4 Å². The first-order valence-corrected chi connectivity index (χ1v) is 8.88. The molecule has 0 spiro atoms. The Morgan fingerprint density at radius 3 is 2.61 bits per heavy atom. The summed E-state index contributed by atoms with van der Waals surface area (Å²) in [5.41, 5.74) is 0.660. The lowest BCUT2D eigenvalue weighted by molar-refractivity contribution is 0.112. The minimum atomic E-state index is 0.384. The van der Waals surface area contributed by atoms with Gasteiger partial charge in [-0.15, -0.1) is 10.2 Å². The van der Waals surface area contributed by atoms with Gasteiger partial charge < -0.3 is 9.30 Å². The molecule has 2 aromatic rings. The van der Waals surface area contributed by atoms with Gasteiger partial charge in [-0.2, -0.15) is 0 Å². The van der Waals surface area contributed by atoms with Gasteiger partial charge in [-0.1, -0.05) is 25.6 Å². The Labute approximate surface area is 141 Å². The minimum Gasteiger partial charge on any atom is -0.494 e. The van der Waals surface area contributed by atoms with Crippen LogP contribution in [0.1, 0.15) is 49.3 Å². The molecule has 1 heterocycles. The lowest BCUT2D eigenvalue weighted by atomic mass is 10.2. The molecule has 0 fully saturated rings. The Morgan fingerprint density at radius 1 is 1.26 bits per heavy atom. The molecule has 0 radical (unpaired) electrons. The van der Waals surface area contributed by atoms with Crippen LogP contribution in [0.25, 0.3) is 0 Å². The van der Waals surface area contributed by atoms with Gasteiger partial charge in [-0.25, -0.2) is 0 Å². The van der Waals surface area contributed by atoms with Gasteiger partial charge in [-0.05, 0) is 37.6 Å². The van der Waals surface area contributed by atoms with Crippen molar-refractivity contribution in [3.05, 3.63) is 35.7 Å². The van der Waals surface area contributed by atoms with E-state index in [4.69, 9.17) is 4.74 Å². The molecule has 1 aromatic heterocycles. The average molecular weight is 333 g/mol. The standard InChI is InChI=1S/C17H23N3O2S/c1-4-20-16(13(2)3)18-19-17(20)23-11-5-10-22-15-8-6-14(12-21)7-9-15/h6-9,12-13H,4-5,10-11H2,1-3H3. The third-order valence-electron chi connectivity index (χ3n) is 3.38. The highest BCUT2D eigenvalue weighted by molar-refractivity contribution is 7.99. The van der Waals surface area contributed by atoms with Crippen LogP contribution in [0.3, 0.4) is 0 Å². The second kappa shape index (κ2) is 8.72. The third-order valence-corrected chi connectivity index (χ3v) is 4.44. The molecule has 0 saturated heterocycles. The first-order chi connectivity index (χ1) is 11.2. The largest absolute Gasteiger partial charge is 0.494 e. The highest BCUT2D eigenvalue weighted by Gasteiger charge is 2.13. The SMILES string of the molecule is CCn1c(SCCCOc2ccc(C=O)cc2)nnc1C(C)C. The molecule has 2 rings (SSSR count). The van der Waals surface area contributed by atoms with Crippen molar-refractivity contribution in [3.8, 4) is 5.75 Å². The van der Waals surface area contributed by atoms with Crippen LogP contribution in [0.2, 0.25) is 0 Å². The van der Waals surface area contributed by atoms with Crippen molar-refractivity contribution >= 4 is 18.0 Å². The number of hydrogen-bond donors (Lipinski definition) is 0. The molecular weight excluding hydrogens is 310 g/mol. The van der Waals surface area contributed by atoms with Crippen molar-refractivity contribution in [1.29, 1.82) is 0 Å². The van der Waals surface area contributed by atoms with E-state index < -0.39 is 0 Å². The fourth-order valence-corrected chi connectivity index (χ4v) is 3.11. The van der Waals surface area contributed by atoms with Gasteiger partial charge in [-0.3, -0.25) is 4.79 Å². The van der Waals surface area contributed by atoms with Crippen molar-refractivity contribution in [2.45, 2.75) is 44.8 Å². The number of aromatic nitrogens is 3. The zero-order valence-corrected chi connectivity index (χ0v) is 14.7. The van der Waals surface area contributed by atoms with Crippen molar-refractivity contribution in [2.24, 2.45) is 0 Å². The molecule has 124 valence electrons. The maximum Gasteiger partial charge on any atom is 0.191 e. The molecule has 1 aromatic carbocycles. The predicted molar refractivity (Wildman–Crippen MR) is 92.5 cm³/mol. The van der Waals surface area contributed by atoms with Crippen molar-refractivity contribution < 1.29 is 9.53 Å². The van der Waals surface area contributed by atoms with Gasteiger partial charge in [0.1, 0.15) is 17.9 Å². The summed E-state index contributed by atoms with van der Waals surface area (Å²) in [6.45, 7) is 7.92. The van der Waals surface area contributed by atoms with E-state index in [0.29, 0.717) is 18.1 Å². The highest BCUT2D eigenvalue weighted by Crippen LogP contribution is 2.22. The fourth-order valence-electron chi connectivity index (χ4n) is 2.19. The van der Waals surface area contributed by atoms with Gasteiger partial charge in [0, 0.05) is 23.8 Å². The summed E-state index contributed by atoms with van der Waals surface area (Å²) in [6, 6.07) is 7.15. The average Bonchev–Trinajstić information content (AvgIpc) is 2.98. The van der Waals surface area contributed by atoms with Crippen LogP contribution < -0.4 is 4.74 Å². The van der Waals surface area contributed by atoms with E-state index in [9.17, 15) is 4.79 Å². The van der Waals surface area contributed by atoms with E-state index in [1.54, 1.807) is 23.9 Å². The Bertz CT molecular complexity index is 623. The van der Waals surface area contributed by atoms with E-state index in [2.05, 4.69) is 35.5 Å². The van der Waals surface area contributed by atoms with Gasteiger partial charge in [0.05, 0.1) is 6.61 Å². The summed E-state index contributed by atoms with van der Waals surface area (Å²) in [4.78, 5) is 10.6. The molecule has 0 aliphatic rings. The molecule has 0 aliphatic heterocycles. The number of nitrogens with zero attached hydrogens (tertiary/aromatic N) is 3. The van der Waals surface area contributed by atoms with Crippen LogP contribution in [0.4, 0.5) is 0 Å². The quantitative estimate of drug-likeness (QED) is 0.397. The Hall–Kier alpha value is -1.82. The van der Waals surface area contributed by atoms with Gasteiger partial charge in [0.25, 0.3) is 0 Å². The Kier molecular flexibility index (Phi) is 6.65. The number of benzene rings is 1. The molecule has 0 unspecified atom stereocenters. The monoisotopic (exact) mass is 333 g/mol. The summed E-state index contributed by atoms with van der Waals surface area (Å²) in [5, 5.41) is 9.55. The summed E-state index contributed by atoms with van der Waals surface area (Å²) in [7, 11) is 0. The van der Waals surface area contributed by atoms with E-state index in [1.807, 2.05) is 12.1 Å². The maximum atomic E-state index is 10.6. The summed E-state index contributed by atoms with van der Waals surface area (Å²) in [5.74, 6) is 3.15. The highest BCUT2D eigenvalue weighted by atomic mass is 32.2. The topological polar surface area (TPSA) is 57.0 Å². The molecule has 0 bridgehead atoms. The molecule has 0 atom stereocenters. The smallest absolute Gasteiger partial charge is 0.191 e. The van der Waals surface area contributed by atoms with Crippen molar-refractivity contribution in [1.82, 2.24) is 14.8 Å². The lowest BCUT2D eigenvalue weighted by Crippen LogP contribution is -2.05. The van der Waals surface area contributed by atoms with E-state index in [0.717, 1.165) is 41.7 Å². The van der Waals surface area contributed by atoms with E-state index in [-0.39, 0.29) is 0 Å². The summed E-state index contributed by atoms with van der Waals surface area (Å²) < 4.78 is 7.85. The molecule has 6 heteroatoms. The first-order valence-electron chi connectivity index (χ1n) is 7.89. The second-order valence-corrected chi connectivity index (χ2v) is 6.54. The second-order valence-electron chi connectivity index (χ2n) is 5.48. The van der Waals surface area contributed by atoms with Crippen LogP contribution in [-0.2, 0) is 6.54 Å². The summed E-state index contributed by atoms with van der Waals surface area (Å²) >= 11 is 1.71. The number of carbonyl (C=O) groups excluding carboxylic acids is 1. The normalized spacial score (nSPS) is 11.0. The molecular formula is C17H23N3O2S. The van der Waals surface area contributed by atoms with E-state index >= 15 is 0 Å². The van der Waals surface area contributed by atoms with E-state index in [1.165, 1.54) is 0 Å². The number of thioether (sulfide) groups is 1. The minimum absolute atomic E-state index is 0.384. The van der Waals surface area contributed by atoms with Crippen LogP contribution in [0, 0.1) is 0 Å². The van der Waals surface area contributed by atoms with Gasteiger partial charge >= 0.3 is 0 Å². The Balaban J connectivity index is 1.76. The number of hydrogen-bond acceptors (Lipinski definition) is 5. The zero-order chi connectivity index (χ0) is 16.7. The van der Waals surface area contributed by atoms with Crippen molar-refractivity contribution in [3.63, 3.8) is 0 Å². The Morgan fingerprint density at radius 2 is 2.00 bits per heavy atom. The molecule has 0 amide bonds. The number of ether oxygens (including phenoxy) is 1.